The fourth-order valence-corrected chi connectivity index (χ4v) is 4.06. The van der Waals surface area contributed by atoms with Gasteiger partial charge in [0.1, 0.15) is 0 Å². The summed E-state index contributed by atoms with van der Waals surface area (Å²) >= 11 is 0. The number of rotatable bonds is 6. The third-order valence-corrected chi connectivity index (χ3v) is 5.71. The molecule has 5 heteroatoms. The standard InChI is InChI=1S/C20H31N3O2/c1-22(18-8-4-16(15-24)5-9-18)14-20(25)21-17-6-10-19(11-7-17)23-12-2-3-13-23/h6-7,10-11,16,18,24H,2-5,8-9,12-15H2,1H3,(H,21,25). The third kappa shape index (κ3) is 4.95. The molecule has 3 rings (SSSR count). The van der Waals surface area contributed by atoms with E-state index >= 15 is 0 Å². The van der Waals surface area contributed by atoms with Gasteiger partial charge in [-0.2, -0.15) is 0 Å². The van der Waals surface area contributed by atoms with Crippen LogP contribution in [0.1, 0.15) is 38.5 Å². The van der Waals surface area contributed by atoms with Crippen molar-refractivity contribution in [1.82, 2.24) is 4.90 Å². The normalized spacial score (nSPS) is 23.9. The number of anilines is 2. The molecule has 0 unspecified atom stereocenters. The van der Waals surface area contributed by atoms with Crippen LogP contribution < -0.4 is 10.2 Å². The van der Waals surface area contributed by atoms with Gasteiger partial charge in [0.15, 0.2) is 0 Å². The van der Waals surface area contributed by atoms with Gasteiger partial charge >= 0.3 is 0 Å². The zero-order valence-corrected chi connectivity index (χ0v) is 15.3. The number of nitrogens with zero attached hydrogens (tertiary/aromatic N) is 2. The molecular formula is C20H31N3O2. The quantitative estimate of drug-likeness (QED) is 0.832. The highest BCUT2D eigenvalue weighted by molar-refractivity contribution is 5.92. The maximum Gasteiger partial charge on any atom is 0.238 e. The smallest absolute Gasteiger partial charge is 0.238 e. The van der Waals surface area contributed by atoms with Gasteiger partial charge < -0.3 is 15.3 Å². The molecule has 2 aliphatic rings. The SMILES string of the molecule is CN(CC(=O)Nc1ccc(N2CCCC2)cc1)C1CCC(CO)CC1. The minimum Gasteiger partial charge on any atom is -0.396 e. The molecule has 1 saturated heterocycles. The first kappa shape index (κ1) is 18.2. The predicted octanol–water partition coefficient (Wildman–Crippen LogP) is 2.71. The number of nitrogens with one attached hydrogen (secondary N) is 1. The largest absolute Gasteiger partial charge is 0.396 e. The number of amides is 1. The Morgan fingerprint density at radius 2 is 1.80 bits per heavy atom. The van der Waals surface area contributed by atoms with Crippen molar-refractivity contribution >= 4 is 17.3 Å². The van der Waals surface area contributed by atoms with Gasteiger partial charge in [0.2, 0.25) is 5.91 Å². The summed E-state index contributed by atoms with van der Waals surface area (Å²) in [6.45, 7) is 2.98. The molecule has 1 aliphatic heterocycles. The van der Waals surface area contributed by atoms with Crippen LogP contribution in [0, 0.1) is 5.92 Å². The van der Waals surface area contributed by atoms with E-state index in [2.05, 4.69) is 27.2 Å². The molecule has 25 heavy (non-hydrogen) atoms. The number of carbonyl (C=O) groups excluding carboxylic acids is 1. The molecule has 0 radical (unpaired) electrons. The molecule has 0 atom stereocenters. The van der Waals surface area contributed by atoms with E-state index in [9.17, 15) is 9.90 Å². The van der Waals surface area contributed by atoms with Gasteiger partial charge in [0.05, 0.1) is 6.54 Å². The number of hydrogen-bond donors (Lipinski definition) is 2. The van der Waals surface area contributed by atoms with E-state index in [0.29, 0.717) is 25.1 Å². The Morgan fingerprint density at radius 3 is 2.40 bits per heavy atom. The topological polar surface area (TPSA) is 55.8 Å². The van der Waals surface area contributed by atoms with Crippen molar-refractivity contribution in [2.45, 2.75) is 44.6 Å². The maximum absolute atomic E-state index is 12.3. The summed E-state index contributed by atoms with van der Waals surface area (Å²) in [7, 11) is 2.03. The van der Waals surface area contributed by atoms with Crippen LogP contribution >= 0.6 is 0 Å². The zero-order valence-electron chi connectivity index (χ0n) is 15.3. The van der Waals surface area contributed by atoms with Gasteiger partial charge in [-0.05, 0) is 75.8 Å². The minimum absolute atomic E-state index is 0.0423. The van der Waals surface area contributed by atoms with Crippen molar-refractivity contribution in [3.05, 3.63) is 24.3 Å². The van der Waals surface area contributed by atoms with Gasteiger partial charge in [-0.25, -0.2) is 0 Å². The average molecular weight is 345 g/mol. The van der Waals surface area contributed by atoms with Crippen molar-refractivity contribution in [2.24, 2.45) is 5.92 Å². The summed E-state index contributed by atoms with van der Waals surface area (Å²) in [6, 6.07) is 8.64. The lowest BCUT2D eigenvalue weighted by molar-refractivity contribution is -0.117. The van der Waals surface area contributed by atoms with Crippen molar-refractivity contribution < 1.29 is 9.90 Å². The molecular weight excluding hydrogens is 314 g/mol. The highest BCUT2D eigenvalue weighted by Gasteiger charge is 2.24. The van der Waals surface area contributed by atoms with Crippen molar-refractivity contribution in [2.75, 3.05) is 43.5 Å². The Bertz CT molecular complexity index is 547. The van der Waals surface area contributed by atoms with Crippen LogP contribution in [-0.4, -0.2) is 55.2 Å². The number of likely N-dealkylation sites (N-methyl/N-ethyl adjacent to an activating group) is 1. The van der Waals surface area contributed by atoms with Crippen LogP contribution in [0.25, 0.3) is 0 Å². The summed E-state index contributed by atoms with van der Waals surface area (Å²) in [4.78, 5) is 16.9. The molecule has 1 heterocycles. The molecule has 138 valence electrons. The molecule has 1 aliphatic carbocycles. The number of benzene rings is 1. The van der Waals surface area contributed by atoms with Gasteiger partial charge in [-0.1, -0.05) is 0 Å². The number of aliphatic hydroxyl groups is 1. The Labute approximate surface area is 151 Å². The second-order valence-corrected chi connectivity index (χ2v) is 7.56. The zero-order chi connectivity index (χ0) is 17.6. The minimum atomic E-state index is 0.0423. The lowest BCUT2D eigenvalue weighted by Crippen LogP contribution is -2.40. The molecule has 1 saturated carbocycles. The average Bonchev–Trinajstić information content (AvgIpc) is 3.17. The predicted molar refractivity (Wildman–Crippen MR) is 102 cm³/mol. The monoisotopic (exact) mass is 345 g/mol. The summed E-state index contributed by atoms with van der Waals surface area (Å²) in [5.41, 5.74) is 2.11. The molecule has 2 fully saturated rings. The summed E-state index contributed by atoms with van der Waals surface area (Å²) in [5, 5.41) is 12.2. The van der Waals surface area contributed by atoms with Crippen LogP contribution in [0.4, 0.5) is 11.4 Å². The van der Waals surface area contributed by atoms with E-state index in [-0.39, 0.29) is 5.91 Å². The molecule has 1 amide bonds. The van der Waals surface area contributed by atoms with E-state index in [1.165, 1.54) is 18.5 Å². The van der Waals surface area contributed by atoms with Crippen LogP contribution in [0.5, 0.6) is 0 Å². The second kappa shape index (κ2) is 8.68. The van der Waals surface area contributed by atoms with E-state index in [0.717, 1.165) is 44.5 Å². The molecule has 0 spiro atoms. The van der Waals surface area contributed by atoms with Gasteiger partial charge in [-0.15, -0.1) is 0 Å². The Balaban J connectivity index is 1.45. The van der Waals surface area contributed by atoms with Crippen molar-refractivity contribution in [1.29, 1.82) is 0 Å². The van der Waals surface area contributed by atoms with Crippen molar-refractivity contribution in [3.63, 3.8) is 0 Å². The molecule has 5 nitrogen and oxygen atoms in total. The Hall–Kier alpha value is -1.59. The van der Waals surface area contributed by atoms with E-state index < -0.39 is 0 Å². The van der Waals surface area contributed by atoms with Crippen LogP contribution in [-0.2, 0) is 4.79 Å². The Kier molecular flexibility index (Phi) is 6.32. The molecule has 1 aromatic rings. The first-order valence-corrected chi connectivity index (χ1v) is 9.61. The molecule has 0 aromatic heterocycles. The molecule has 0 bridgehead atoms. The lowest BCUT2D eigenvalue weighted by atomic mass is 9.86. The van der Waals surface area contributed by atoms with E-state index in [1.807, 2.05) is 19.2 Å². The molecule has 2 N–H and O–H groups in total. The van der Waals surface area contributed by atoms with Gasteiger partial charge in [0.25, 0.3) is 0 Å². The van der Waals surface area contributed by atoms with Gasteiger partial charge in [0, 0.05) is 37.1 Å². The third-order valence-electron chi connectivity index (χ3n) is 5.71. The summed E-state index contributed by atoms with van der Waals surface area (Å²) in [5.74, 6) is 0.494. The number of carbonyl (C=O) groups is 1. The highest BCUT2D eigenvalue weighted by Crippen LogP contribution is 2.26. The first-order valence-electron chi connectivity index (χ1n) is 9.61. The van der Waals surface area contributed by atoms with E-state index in [1.54, 1.807) is 0 Å². The number of hydrogen-bond acceptors (Lipinski definition) is 4. The summed E-state index contributed by atoms with van der Waals surface area (Å²) in [6.07, 6.45) is 6.80. The second-order valence-electron chi connectivity index (χ2n) is 7.56. The lowest BCUT2D eigenvalue weighted by Gasteiger charge is -2.33. The van der Waals surface area contributed by atoms with E-state index in [4.69, 9.17) is 0 Å². The maximum atomic E-state index is 12.3. The van der Waals surface area contributed by atoms with Crippen molar-refractivity contribution in [3.8, 4) is 0 Å². The summed E-state index contributed by atoms with van der Waals surface area (Å²) < 4.78 is 0. The van der Waals surface area contributed by atoms with Gasteiger partial charge in [-0.3, -0.25) is 9.69 Å². The fourth-order valence-electron chi connectivity index (χ4n) is 4.06. The highest BCUT2D eigenvalue weighted by atomic mass is 16.3. The molecule has 1 aromatic carbocycles. The Morgan fingerprint density at radius 1 is 1.16 bits per heavy atom. The first-order chi connectivity index (χ1) is 12.2. The van der Waals surface area contributed by atoms with Crippen LogP contribution in [0.3, 0.4) is 0 Å². The fraction of sp³-hybridized carbons (Fsp3) is 0.650. The van der Waals surface area contributed by atoms with Crippen LogP contribution in [0.15, 0.2) is 24.3 Å². The number of aliphatic hydroxyl groups excluding tert-OH is 1. The van der Waals surface area contributed by atoms with Crippen LogP contribution in [0.2, 0.25) is 0 Å².